The first kappa shape index (κ1) is 15.9. The van der Waals surface area contributed by atoms with Crippen molar-refractivity contribution < 1.29 is 4.79 Å². The van der Waals surface area contributed by atoms with E-state index in [9.17, 15) is 4.79 Å². The van der Waals surface area contributed by atoms with E-state index in [0.717, 1.165) is 10.0 Å². The summed E-state index contributed by atoms with van der Waals surface area (Å²) in [6.07, 6.45) is 6.58. The molecule has 1 atom stereocenters. The fourth-order valence-electron chi connectivity index (χ4n) is 2.54. The van der Waals surface area contributed by atoms with Crippen LogP contribution in [0.15, 0.2) is 28.7 Å². The average Bonchev–Trinajstić information content (AvgIpc) is 2.47. The largest absolute Gasteiger partial charge is 0.349 e. The van der Waals surface area contributed by atoms with Crippen molar-refractivity contribution in [3.05, 3.63) is 34.3 Å². The molecule has 1 N–H and O–H groups in total. The lowest BCUT2D eigenvalue weighted by atomic mass is 10.0. The number of halogens is 1. The van der Waals surface area contributed by atoms with E-state index in [1.807, 2.05) is 43.0 Å². The fourth-order valence-corrected chi connectivity index (χ4v) is 3.94. The zero-order valence-corrected chi connectivity index (χ0v) is 14.3. The van der Waals surface area contributed by atoms with Gasteiger partial charge in [-0.15, -0.1) is 11.8 Å². The van der Waals surface area contributed by atoms with Crippen LogP contribution in [0, 0.1) is 0 Å². The topological polar surface area (TPSA) is 29.1 Å². The van der Waals surface area contributed by atoms with Crippen molar-refractivity contribution in [3.8, 4) is 0 Å². The highest BCUT2D eigenvalue weighted by Crippen LogP contribution is 2.28. The Morgan fingerprint density at radius 3 is 2.60 bits per heavy atom. The highest BCUT2D eigenvalue weighted by atomic mass is 79.9. The zero-order valence-electron chi connectivity index (χ0n) is 11.9. The molecule has 1 aromatic rings. The first-order valence-electron chi connectivity index (χ1n) is 7.31. The lowest BCUT2D eigenvalue weighted by Crippen LogP contribution is -2.29. The molecule has 1 aromatic carbocycles. The molecule has 0 heterocycles. The number of amides is 1. The van der Waals surface area contributed by atoms with Crippen molar-refractivity contribution in [1.82, 2.24) is 5.32 Å². The summed E-state index contributed by atoms with van der Waals surface area (Å²) in [4.78, 5) is 12.0. The highest BCUT2D eigenvalue weighted by Gasteiger charge is 2.16. The van der Waals surface area contributed by atoms with Gasteiger partial charge in [0.1, 0.15) is 0 Å². The summed E-state index contributed by atoms with van der Waals surface area (Å²) < 4.78 is 1.06. The quantitative estimate of drug-likeness (QED) is 0.829. The smallest absolute Gasteiger partial charge is 0.230 e. The summed E-state index contributed by atoms with van der Waals surface area (Å²) in [7, 11) is 0. The Balaban J connectivity index is 1.74. The van der Waals surface area contributed by atoms with Gasteiger partial charge in [-0.2, -0.15) is 0 Å². The Morgan fingerprint density at radius 2 is 1.95 bits per heavy atom. The first-order valence-corrected chi connectivity index (χ1v) is 9.16. The molecule has 1 fully saturated rings. The molecule has 1 aliphatic carbocycles. The van der Waals surface area contributed by atoms with Gasteiger partial charge >= 0.3 is 0 Å². The Bertz CT molecular complexity index is 429. The molecule has 0 bridgehead atoms. The number of thioether (sulfide) groups is 1. The molecule has 0 spiro atoms. The van der Waals surface area contributed by atoms with Gasteiger partial charge in [-0.25, -0.2) is 0 Å². The van der Waals surface area contributed by atoms with E-state index in [0.29, 0.717) is 11.0 Å². The second-order valence-electron chi connectivity index (χ2n) is 5.41. The molecule has 1 aliphatic rings. The standard InChI is InChI=1S/C16H22BrNOS/c1-12(13-7-9-14(17)10-8-13)18-16(19)11-20-15-5-3-2-4-6-15/h7-10,12,15H,2-6,11H2,1H3,(H,18,19)/t12-/m0/s1. The maximum atomic E-state index is 12.0. The van der Waals surface area contributed by atoms with Crippen LogP contribution in [-0.2, 0) is 4.79 Å². The van der Waals surface area contributed by atoms with Crippen molar-refractivity contribution >= 4 is 33.6 Å². The maximum absolute atomic E-state index is 12.0. The molecule has 1 saturated carbocycles. The van der Waals surface area contributed by atoms with E-state index < -0.39 is 0 Å². The van der Waals surface area contributed by atoms with Gasteiger partial charge in [0.25, 0.3) is 0 Å². The summed E-state index contributed by atoms with van der Waals surface area (Å²) >= 11 is 5.25. The van der Waals surface area contributed by atoms with Crippen molar-refractivity contribution in [3.63, 3.8) is 0 Å². The predicted octanol–water partition coefficient (Wildman–Crippen LogP) is 4.69. The van der Waals surface area contributed by atoms with Gasteiger partial charge in [-0.3, -0.25) is 4.79 Å². The normalized spacial score (nSPS) is 17.7. The Hall–Kier alpha value is -0.480. The molecule has 110 valence electrons. The highest BCUT2D eigenvalue weighted by molar-refractivity contribution is 9.10. The minimum Gasteiger partial charge on any atom is -0.349 e. The monoisotopic (exact) mass is 355 g/mol. The van der Waals surface area contributed by atoms with E-state index in [4.69, 9.17) is 0 Å². The third-order valence-corrected chi connectivity index (χ3v) is 5.65. The molecule has 0 radical (unpaired) electrons. The Morgan fingerprint density at radius 1 is 1.30 bits per heavy atom. The second kappa shape index (κ2) is 8.08. The van der Waals surface area contributed by atoms with Gasteiger partial charge in [0.2, 0.25) is 5.91 Å². The van der Waals surface area contributed by atoms with E-state index in [2.05, 4.69) is 21.2 Å². The van der Waals surface area contributed by atoms with Crippen molar-refractivity contribution in [1.29, 1.82) is 0 Å². The van der Waals surface area contributed by atoms with Crippen LogP contribution in [0.2, 0.25) is 0 Å². The van der Waals surface area contributed by atoms with E-state index in [1.54, 1.807) is 0 Å². The molecule has 1 amide bonds. The molecule has 2 rings (SSSR count). The summed E-state index contributed by atoms with van der Waals surface area (Å²) in [6, 6.07) is 8.18. The van der Waals surface area contributed by atoms with E-state index in [1.165, 1.54) is 32.1 Å². The lowest BCUT2D eigenvalue weighted by molar-refractivity contribution is -0.119. The maximum Gasteiger partial charge on any atom is 0.230 e. The number of nitrogens with one attached hydrogen (secondary N) is 1. The Labute approximate surface area is 134 Å². The minimum absolute atomic E-state index is 0.0718. The zero-order chi connectivity index (χ0) is 14.4. The van der Waals surface area contributed by atoms with Gasteiger partial charge in [-0.1, -0.05) is 47.3 Å². The lowest BCUT2D eigenvalue weighted by Gasteiger charge is -2.21. The second-order valence-corrected chi connectivity index (χ2v) is 7.62. The van der Waals surface area contributed by atoms with Crippen molar-refractivity contribution in [2.75, 3.05) is 5.75 Å². The van der Waals surface area contributed by atoms with Gasteiger partial charge in [0.15, 0.2) is 0 Å². The van der Waals surface area contributed by atoms with Crippen LogP contribution in [-0.4, -0.2) is 16.9 Å². The van der Waals surface area contributed by atoms with Crippen LogP contribution in [0.5, 0.6) is 0 Å². The predicted molar refractivity (Wildman–Crippen MR) is 90.0 cm³/mol. The van der Waals surface area contributed by atoms with E-state index in [-0.39, 0.29) is 11.9 Å². The number of benzene rings is 1. The van der Waals surface area contributed by atoms with Crippen molar-refractivity contribution in [2.24, 2.45) is 0 Å². The molecule has 0 aromatic heterocycles. The summed E-state index contributed by atoms with van der Waals surface area (Å²) in [5.74, 6) is 0.738. The van der Waals surface area contributed by atoms with Crippen LogP contribution >= 0.6 is 27.7 Å². The number of carbonyl (C=O) groups is 1. The Kier molecular flexibility index (Phi) is 6.43. The van der Waals surface area contributed by atoms with Gasteiger partial charge < -0.3 is 5.32 Å². The third-order valence-electron chi connectivity index (χ3n) is 3.75. The number of carbonyl (C=O) groups excluding carboxylic acids is 1. The van der Waals surface area contributed by atoms with Crippen molar-refractivity contribution in [2.45, 2.75) is 50.3 Å². The number of hydrogen-bond acceptors (Lipinski definition) is 2. The third kappa shape index (κ3) is 5.13. The molecular formula is C16H22BrNOS. The fraction of sp³-hybridized carbons (Fsp3) is 0.562. The average molecular weight is 356 g/mol. The summed E-state index contributed by atoms with van der Waals surface area (Å²) in [5, 5.41) is 3.77. The molecular weight excluding hydrogens is 334 g/mol. The molecule has 0 unspecified atom stereocenters. The van der Waals surface area contributed by atoms with Crippen LogP contribution in [0.25, 0.3) is 0 Å². The van der Waals surface area contributed by atoms with Crippen LogP contribution in [0.3, 0.4) is 0 Å². The van der Waals surface area contributed by atoms with Gasteiger partial charge in [-0.05, 0) is 37.5 Å². The van der Waals surface area contributed by atoms with E-state index >= 15 is 0 Å². The van der Waals surface area contributed by atoms with Crippen LogP contribution in [0.4, 0.5) is 0 Å². The molecule has 4 heteroatoms. The van der Waals surface area contributed by atoms with Gasteiger partial charge in [0.05, 0.1) is 11.8 Å². The first-order chi connectivity index (χ1) is 9.65. The summed E-state index contributed by atoms with van der Waals surface area (Å²) in [6.45, 7) is 2.03. The molecule has 2 nitrogen and oxygen atoms in total. The minimum atomic E-state index is 0.0718. The van der Waals surface area contributed by atoms with Crippen LogP contribution < -0.4 is 5.32 Å². The molecule has 0 saturated heterocycles. The number of hydrogen-bond donors (Lipinski definition) is 1. The van der Waals surface area contributed by atoms with Gasteiger partial charge in [0, 0.05) is 9.72 Å². The molecule has 20 heavy (non-hydrogen) atoms. The number of rotatable bonds is 5. The summed E-state index contributed by atoms with van der Waals surface area (Å²) in [5.41, 5.74) is 1.14. The molecule has 0 aliphatic heterocycles. The van der Waals surface area contributed by atoms with Crippen LogP contribution in [0.1, 0.15) is 50.6 Å². The SMILES string of the molecule is C[C@H](NC(=O)CSC1CCCCC1)c1ccc(Br)cc1.